The van der Waals surface area contributed by atoms with Crippen LogP contribution in [0.3, 0.4) is 0 Å². The van der Waals surface area contributed by atoms with E-state index in [2.05, 4.69) is 5.32 Å². The molecule has 0 spiro atoms. The van der Waals surface area contributed by atoms with E-state index in [1.165, 1.54) is 41.3 Å². The van der Waals surface area contributed by atoms with Crippen molar-refractivity contribution in [2.24, 2.45) is 0 Å². The van der Waals surface area contributed by atoms with Crippen molar-refractivity contribution >= 4 is 33.2 Å². The molecule has 1 aliphatic carbocycles. The lowest BCUT2D eigenvalue weighted by Gasteiger charge is -2.34. The van der Waals surface area contributed by atoms with Gasteiger partial charge in [-0.15, -0.1) is 0 Å². The van der Waals surface area contributed by atoms with E-state index in [0.29, 0.717) is 6.42 Å². The average molecular weight is 607 g/mol. The smallest absolute Gasteiger partial charge is 0.269 e. The highest BCUT2D eigenvalue weighted by atomic mass is 32.2. The average Bonchev–Trinajstić information content (AvgIpc) is 3.01. The molecule has 0 radical (unpaired) electrons. The first-order chi connectivity index (χ1) is 20.6. The molecular weight excluding hydrogens is 568 g/mol. The van der Waals surface area contributed by atoms with E-state index in [9.17, 15) is 28.1 Å². The van der Waals surface area contributed by atoms with E-state index in [0.717, 1.165) is 47.5 Å². The summed E-state index contributed by atoms with van der Waals surface area (Å²) in [4.78, 5) is 39.9. The summed E-state index contributed by atoms with van der Waals surface area (Å²) in [6.07, 6.45) is 5.31. The molecule has 3 aromatic rings. The fourth-order valence-electron chi connectivity index (χ4n) is 5.34. The van der Waals surface area contributed by atoms with Crippen molar-refractivity contribution in [2.45, 2.75) is 75.9 Å². The van der Waals surface area contributed by atoms with Gasteiger partial charge in [-0.25, -0.2) is 8.42 Å². The summed E-state index contributed by atoms with van der Waals surface area (Å²) in [6.45, 7) is 3.29. The fourth-order valence-corrected chi connectivity index (χ4v) is 6.78. The number of sulfonamides is 1. The zero-order chi connectivity index (χ0) is 31.0. The molecule has 1 fully saturated rings. The van der Waals surface area contributed by atoms with Gasteiger partial charge in [-0.05, 0) is 56.0 Å². The number of nitrogens with zero attached hydrogens (tertiary/aromatic N) is 3. The van der Waals surface area contributed by atoms with Crippen molar-refractivity contribution < 1.29 is 22.9 Å². The molecule has 43 heavy (non-hydrogen) atoms. The molecular formula is C32H38N4O6S. The largest absolute Gasteiger partial charge is 0.352 e. The first-order valence-corrected chi connectivity index (χ1v) is 16.0. The molecule has 0 heterocycles. The number of nitro groups is 1. The summed E-state index contributed by atoms with van der Waals surface area (Å²) < 4.78 is 28.7. The number of benzene rings is 3. The highest BCUT2D eigenvalue weighted by Gasteiger charge is 2.34. The predicted molar refractivity (Wildman–Crippen MR) is 165 cm³/mol. The molecule has 4 rings (SSSR count). The van der Waals surface area contributed by atoms with Crippen LogP contribution in [0.5, 0.6) is 0 Å². The van der Waals surface area contributed by atoms with E-state index in [1.807, 2.05) is 38.1 Å². The van der Waals surface area contributed by atoms with Gasteiger partial charge in [0.15, 0.2) is 0 Å². The first kappa shape index (κ1) is 31.7. The van der Waals surface area contributed by atoms with Gasteiger partial charge < -0.3 is 10.2 Å². The summed E-state index contributed by atoms with van der Waals surface area (Å²) in [5.74, 6) is -0.827. The van der Waals surface area contributed by atoms with Crippen molar-refractivity contribution in [1.82, 2.24) is 10.2 Å². The molecule has 0 aliphatic heterocycles. The van der Waals surface area contributed by atoms with Crippen LogP contribution in [-0.4, -0.2) is 48.7 Å². The molecule has 11 heteroatoms. The third kappa shape index (κ3) is 7.98. The number of carbonyl (C=O) groups is 2. The summed E-state index contributed by atoms with van der Waals surface area (Å²) in [5, 5.41) is 14.4. The Balaban J connectivity index is 1.70. The van der Waals surface area contributed by atoms with Gasteiger partial charge in [-0.2, -0.15) is 0 Å². The van der Waals surface area contributed by atoms with E-state index in [4.69, 9.17) is 0 Å². The van der Waals surface area contributed by atoms with Crippen LogP contribution in [0.15, 0.2) is 83.8 Å². The molecule has 1 aliphatic rings. The second-order valence-electron chi connectivity index (χ2n) is 10.9. The second kappa shape index (κ2) is 14.3. The Bertz CT molecular complexity index is 1510. The Kier molecular flexibility index (Phi) is 10.5. The van der Waals surface area contributed by atoms with Crippen LogP contribution in [0.2, 0.25) is 0 Å². The van der Waals surface area contributed by atoms with Crippen molar-refractivity contribution in [3.63, 3.8) is 0 Å². The summed E-state index contributed by atoms with van der Waals surface area (Å²) >= 11 is 0. The predicted octanol–water partition coefficient (Wildman–Crippen LogP) is 5.35. The van der Waals surface area contributed by atoms with Gasteiger partial charge in [0.25, 0.3) is 15.7 Å². The molecule has 10 nitrogen and oxygen atoms in total. The number of hydrogen-bond acceptors (Lipinski definition) is 6. The molecule has 1 unspecified atom stereocenters. The van der Waals surface area contributed by atoms with E-state index in [1.54, 1.807) is 18.2 Å². The number of hydrogen-bond donors (Lipinski definition) is 1. The standard InChI is InChI=1S/C32H38N4O6S/c1-3-30(32(38)33-26-10-6-4-7-11-26)34(22-25-16-14-24(2)15-17-25)31(37)23-35(27-18-20-28(21-19-27)36(39)40)43(41,42)29-12-8-5-9-13-29/h5,8-9,12-21,26,30H,3-4,6-7,10-11,22-23H2,1-2H3,(H,33,38). The van der Waals surface area contributed by atoms with Crippen molar-refractivity contribution in [1.29, 1.82) is 0 Å². The number of non-ortho nitro benzene ring substituents is 1. The quantitative estimate of drug-likeness (QED) is 0.218. The number of aryl methyl sites for hydroxylation is 1. The van der Waals surface area contributed by atoms with Gasteiger partial charge in [0.1, 0.15) is 12.6 Å². The third-order valence-corrected chi connectivity index (χ3v) is 9.56. The molecule has 3 aromatic carbocycles. The highest BCUT2D eigenvalue weighted by Crippen LogP contribution is 2.27. The van der Waals surface area contributed by atoms with Crippen LogP contribution < -0.4 is 9.62 Å². The number of carbonyl (C=O) groups excluding carboxylic acids is 2. The van der Waals surface area contributed by atoms with Gasteiger partial charge in [-0.3, -0.25) is 24.0 Å². The summed E-state index contributed by atoms with van der Waals surface area (Å²) in [7, 11) is -4.25. The molecule has 0 saturated heterocycles. The minimum atomic E-state index is -4.25. The number of rotatable bonds is 12. The molecule has 0 bridgehead atoms. The van der Waals surface area contributed by atoms with E-state index < -0.39 is 33.4 Å². The Labute approximate surface area is 252 Å². The van der Waals surface area contributed by atoms with Crippen LogP contribution in [0, 0.1) is 17.0 Å². The maximum Gasteiger partial charge on any atom is 0.269 e. The second-order valence-corrected chi connectivity index (χ2v) is 12.7. The van der Waals surface area contributed by atoms with Crippen LogP contribution in [0.4, 0.5) is 11.4 Å². The number of nitrogens with one attached hydrogen (secondary N) is 1. The number of anilines is 1. The number of nitro benzene ring substituents is 1. The Hall–Kier alpha value is -4.25. The van der Waals surface area contributed by atoms with E-state index in [-0.39, 0.29) is 34.8 Å². The molecule has 1 atom stereocenters. The lowest BCUT2D eigenvalue weighted by atomic mass is 9.95. The van der Waals surface area contributed by atoms with Crippen LogP contribution in [0.1, 0.15) is 56.6 Å². The summed E-state index contributed by atoms with van der Waals surface area (Å²) in [5.41, 5.74) is 1.73. The molecule has 2 amide bonds. The Morgan fingerprint density at radius 2 is 1.58 bits per heavy atom. The van der Waals surface area contributed by atoms with Gasteiger partial charge >= 0.3 is 0 Å². The monoisotopic (exact) mass is 606 g/mol. The Morgan fingerprint density at radius 3 is 2.16 bits per heavy atom. The lowest BCUT2D eigenvalue weighted by Crippen LogP contribution is -2.54. The van der Waals surface area contributed by atoms with Crippen molar-refractivity contribution in [2.75, 3.05) is 10.8 Å². The van der Waals surface area contributed by atoms with Crippen LogP contribution in [-0.2, 0) is 26.2 Å². The minimum Gasteiger partial charge on any atom is -0.352 e. The maximum absolute atomic E-state index is 14.2. The van der Waals surface area contributed by atoms with E-state index >= 15 is 0 Å². The maximum atomic E-state index is 14.2. The summed E-state index contributed by atoms with van der Waals surface area (Å²) in [6, 6.07) is 19.5. The van der Waals surface area contributed by atoms with Gasteiger partial charge in [0.05, 0.1) is 15.5 Å². The normalized spacial score (nSPS) is 14.5. The molecule has 228 valence electrons. The van der Waals surface area contributed by atoms with Crippen LogP contribution >= 0.6 is 0 Å². The lowest BCUT2D eigenvalue weighted by molar-refractivity contribution is -0.384. The Morgan fingerprint density at radius 1 is 0.953 bits per heavy atom. The van der Waals surface area contributed by atoms with Crippen LogP contribution in [0.25, 0.3) is 0 Å². The van der Waals surface area contributed by atoms with Crippen molar-refractivity contribution in [3.8, 4) is 0 Å². The zero-order valence-electron chi connectivity index (χ0n) is 24.5. The topological polar surface area (TPSA) is 130 Å². The van der Waals surface area contributed by atoms with Gasteiger partial charge in [0.2, 0.25) is 11.8 Å². The minimum absolute atomic E-state index is 0.0340. The SMILES string of the molecule is CCC(C(=O)NC1CCCCC1)N(Cc1ccc(C)cc1)C(=O)CN(c1ccc([N+](=O)[O-])cc1)S(=O)(=O)c1ccccc1. The fraction of sp³-hybridized carbons (Fsp3) is 0.375. The number of amides is 2. The highest BCUT2D eigenvalue weighted by molar-refractivity contribution is 7.92. The van der Waals surface area contributed by atoms with Gasteiger partial charge in [-0.1, -0.05) is 74.2 Å². The zero-order valence-corrected chi connectivity index (χ0v) is 25.3. The molecule has 1 saturated carbocycles. The molecule has 1 N–H and O–H groups in total. The van der Waals surface area contributed by atoms with Crippen molar-refractivity contribution in [3.05, 3.63) is 100 Å². The third-order valence-electron chi connectivity index (χ3n) is 7.77. The molecule has 0 aromatic heterocycles. The van der Waals surface area contributed by atoms with Gasteiger partial charge in [0, 0.05) is 24.7 Å². The first-order valence-electron chi connectivity index (χ1n) is 14.6.